The third-order valence-corrected chi connectivity index (χ3v) is 5.22. The number of nitrogens with zero attached hydrogens (tertiary/aromatic N) is 2. The van der Waals surface area contributed by atoms with E-state index in [0.29, 0.717) is 12.1 Å². The second-order valence-corrected chi connectivity index (χ2v) is 6.92. The Balaban J connectivity index is 1.57. The average Bonchev–Trinajstić information content (AvgIpc) is 2.68. The largest absolute Gasteiger partial charge is 0.354 e. The van der Waals surface area contributed by atoms with Crippen LogP contribution in [0.15, 0.2) is 48.5 Å². The molecular formula is C21H25N3O3. The van der Waals surface area contributed by atoms with Crippen LogP contribution in [-0.2, 0) is 24.2 Å². The van der Waals surface area contributed by atoms with Gasteiger partial charge in [0, 0.05) is 37.3 Å². The highest BCUT2D eigenvalue weighted by molar-refractivity contribution is 5.79. The zero-order chi connectivity index (χ0) is 19.2. The summed E-state index contributed by atoms with van der Waals surface area (Å²) in [6.45, 7) is 4.56. The van der Waals surface area contributed by atoms with Gasteiger partial charge in [-0.25, -0.2) is 0 Å². The summed E-state index contributed by atoms with van der Waals surface area (Å²) in [5, 5.41) is 14.1. The van der Waals surface area contributed by atoms with Crippen molar-refractivity contribution in [3.05, 3.63) is 75.3 Å². The second kappa shape index (κ2) is 8.77. The van der Waals surface area contributed by atoms with Gasteiger partial charge in [0.1, 0.15) is 0 Å². The SMILES string of the molecule is CCC(CNC(=O)Cc1ccccc1[N+](=O)[O-])N1CCc2ccccc2C1. The fourth-order valence-corrected chi connectivity index (χ4v) is 3.67. The van der Waals surface area contributed by atoms with E-state index in [9.17, 15) is 14.9 Å². The zero-order valence-electron chi connectivity index (χ0n) is 15.6. The van der Waals surface area contributed by atoms with E-state index in [4.69, 9.17) is 0 Å². The number of carbonyl (C=O) groups excluding carboxylic acids is 1. The van der Waals surface area contributed by atoms with E-state index in [1.54, 1.807) is 18.2 Å². The highest BCUT2D eigenvalue weighted by Crippen LogP contribution is 2.21. The monoisotopic (exact) mass is 367 g/mol. The number of carbonyl (C=O) groups is 1. The fourth-order valence-electron chi connectivity index (χ4n) is 3.67. The molecule has 6 heteroatoms. The molecule has 1 N–H and O–H groups in total. The van der Waals surface area contributed by atoms with E-state index >= 15 is 0 Å². The Labute approximate surface area is 159 Å². The van der Waals surface area contributed by atoms with Crippen molar-refractivity contribution < 1.29 is 9.72 Å². The smallest absolute Gasteiger partial charge is 0.273 e. The van der Waals surface area contributed by atoms with Gasteiger partial charge in [0.15, 0.2) is 0 Å². The molecule has 1 heterocycles. The van der Waals surface area contributed by atoms with Crippen LogP contribution in [0.5, 0.6) is 0 Å². The van der Waals surface area contributed by atoms with Crippen molar-refractivity contribution in [2.45, 2.75) is 38.8 Å². The lowest BCUT2D eigenvalue weighted by Crippen LogP contribution is -2.46. The Kier molecular flexibility index (Phi) is 6.19. The minimum absolute atomic E-state index is 0.00710. The van der Waals surface area contributed by atoms with Crippen LogP contribution in [0.2, 0.25) is 0 Å². The minimum atomic E-state index is -0.442. The third kappa shape index (κ3) is 4.71. The number of amides is 1. The van der Waals surface area contributed by atoms with Gasteiger partial charge in [0.05, 0.1) is 11.3 Å². The molecule has 0 saturated carbocycles. The van der Waals surface area contributed by atoms with Crippen molar-refractivity contribution in [3.8, 4) is 0 Å². The summed E-state index contributed by atoms with van der Waals surface area (Å²) >= 11 is 0. The first-order chi connectivity index (χ1) is 13.1. The molecule has 2 aromatic carbocycles. The Morgan fingerprint density at radius 3 is 2.63 bits per heavy atom. The normalized spacial score (nSPS) is 15.0. The molecule has 0 spiro atoms. The molecule has 0 radical (unpaired) electrons. The number of rotatable bonds is 7. The van der Waals surface area contributed by atoms with Crippen LogP contribution in [0.25, 0.3) is 0 Å². The third-order valence-electron chi connectivity index (χ3n) is 5.22. The number of para-hydroxylation sites is 1. The first-order valence-electron chi connectivity index (χ1n) is 9.38. The van der Waals surface area contributed by atoms with Crippen molar-refractivity contribution in [1.82, 2.24) is 10.2 Å². The molecule has 2 aromatic rings. The van der Waals surface area contributed by atoms with Gasteiger partial charge in [0.2, 0.25) is 5.91 Å². The number of hydrogen-bond donors (Lipinski definition) is 1. The van der Waals surface area contributed by atoms with E-state index in [0.717, 1.165) is 25.9 Å². The van der Waals surface area contributed by atoms with Gasteiger partial charge in [-0.2, -0.15) is 0 Å². The molecule has 1 atom stereocenters. The lowest BCUT2D eigenvalue weighted by Gasteiger charge is -2.35. The molecule has 0 bridgehead atoms. The predicted molar refractivity (Wildman–Crippen MR) is 104 cm³/mol. The summed E-state index contributed by atoms with van der Waals surface area (Å²) in [4.78, 5) is 25.4. The number of hydrogen-bond acceptors (Lipinski definition) is 4. The maximum atomic E-state index is 12.3. The Bertz CT molecular complexity index is 822. The Hall–Kier alpha value is -2.73. The molecule has 0 fully saturated rings. The maximum Gasteiger partial charge on any atom is 0.273 e. The molecule has 1 aliphatic rings. The molecule has 0 aliphatic carbocycles. The molecule has 142 valence electrons. The number of nitrogens with one attached hydrogen (secondary N) is 1. The summed E-state index contributed by atoms with van der Waals surface area (Å²) in [6, 6.07) is 15.2. The number of nitro groups is 1. The maximum absolute atomic E-state index is 12.3. The summed E-state index contributed by atoms with van der Waals surface area (Å²) < 4.78 is 0. The van der Waals surface area contributed by atoms with Crippen LogP contribution in [0.4, 0.5) is 5.69 Å². The number of fused-ring (bicyclic) bond motifs is 1. The van der Waals surface area contributed by atoms with Crippen LogP contribution in [0.1, 0.15) is 30.0 Å². The van der Waals surface area contributed by atoms with Gasteiger partial charge < -0.3 is 5.32 Å². The highest BCUT2D eigenvalue weighted by atomic mass is 16.6. The molecular weight excluding hydrogens is 342 g/mol. The topological polar surface area (TPSA) is 75.5 Å². The molecule has 1 amide bonds. The molecule has 1 aliphatic heterocycles. The summed E-state index contributed by atoms with van der Waals surface area (Å²) in [5.74, 6) is -0.180. The molecule has 1 unspecified atom stereocenters. The standard InChI is InChI=1S/C21H25N3O3/c1-2-19(23-12-11-16-7-3-4-9-18(16)15-23)14-22-21(25)13-17-8-5-6-10-20(17)24(26)27/h3-10,19H,2,11-15H2,1H3,(H,22,25). The average molecular weight is 367 g/mol. The van der Waals surface area contributed by atoms with Crippen molar-refractivity contribution in [3.63, 3.8) is 0 Å². The molecule has 0 saturated heterocycles. The van der Waals surface area contributed by atoms with Crippen molar-refractivity contribution in [2.24, 2.45) is 0 Å². The Morgan fingerprint density at radius 2 is 1.89 bits per heavy atom. The van der Waals surface area contributed by atoms with Crippen LogP contribution in [0, 0.1) is 10.1 Å². The van der Waals surface area contributed by atoms with Crippen molar-refractivity contribution in [2.75, 3.05) is 13.1 Å². The molecule has 27 heavy (non-hydrogen) atoms. The minimum Gasteiger partial charge on any atom is -0.354 e. The lowest BCUT2D eigenvalue weighted by molar-refractivity contribution is -0.385. The number of nitro benzene ring substituents is 1. The molecule has 6 nitrogen and oxygen atoms in total. The van der Waals surface area contributed by atoms with E-state index in [2.05, 4.69) is 41.4 Å². The van der Waals surface area contributed by atoms with E-state index in [1.807, 2.05) is 0 Å². The quantitative estimate of drug-likeness (QED) is 0.603. The predicted octanol–water partition coefficient (Wildman–Crippen LogP) is 3.09. The Morgan fingerprint density at radius 1 is 1.19 bits per heavy atom. The van der Waals surface area contributed by atoms with E-state index in [1.165, 1.54) is 17.2 Å². The van der Waals surface area contributed by atoms with E-state index < -0.39 is 4.92 Å². The summed E-state index contributed by atoms with van der Waals surface area (Å²) in [7, 11) is 0. The first-order valence-corrected chi connectivity index (χ1v) is 9.38. The van der Waals surface area contributed by atoms with Crippen LogP contribution in [-0.4, -0.2) is 34.9 Å². The van der Waals surface area contributed by atoms with Crippen LogP contribution in [0.3, 0.4) is 0 Å². The van der Waals surface area contributed by atoms with Gasteiger partial charge in [-0.3, -0.25) is 19.8 Å². The highest BCUT2D eigenvalue weighted by Gasteiger charge is 2.23. The fraction of sp³-hybridized carbons (Fsp3) is 0.381. The summed E-state index contributed by atoms with van der Waals surface area (Å²) in [6.07, 6.45) is 1.99. The zero-order valence-corrected chi connectivity index (χ0v) is 15.6. The van der Waals surface area contributed by atoms with Gasteiger partial charge in [-0.05, 0) is 24.0 Å². The van der Waals surface area contributed by atoms with Gasteiger partial charge >= 0.3 is 0 Å². The van der Waals surface area contributed by atoms with Gasteiger partial charge in [-0.1, -0.05) is 49.4 Å². The van der Waals surface area contributed by atoms with Crippen molar-refractivity contribution >= 4 is 11.6 Å². The molecule has 0 aromatic heterocycles. The molecule has 3 rings (SSSR count). The van der Waals surface area contributed by atoms with Crippen molar-refractivity contribution in [1.29, 1.82) is 0 Å². The second-order valence-electron chi connectivity index (χ2n) is 6.92. The van der Waals surface area contributed by atoms with E-state index in [-0.39, 0.29) is 24.1 Å². The first kappa shape index (κ1) is 19.0. The number of benzene rings is 2. The summed E-state index contributed by atoms with van der Waals surface area (Å²) in [5.41, 5.74) is 3.20. The van der Waals surface area contributed by atoms with Gasteiger partial charge in [0.25, 0.3) is 5.69 Å². The van der Waals surface area contributed by atoms with Gasteiger partial charge in [-0.15, -0.1) is 0 Å². The van der Waals surface area contributed by atoms with Crippen LogP contribution < -0.4 is 5.32 Å². The van der Waals surface area contributed by atoms with Crippen LogP contribution >= 0.6 is 0 Å². The lowest BCUT2D eigenvalue weighted by atomic mass is 9.98.